The summed E-state index contributed by atoms with van der Waals surface area (Å²) in [6, 6.07) is 10.0. The SMILES string of the molecule is c1ccc([PH]23CC4CC(CC(C4)C2)C3)c(CC2C3CC4CC(C3)CP2C4)c1. The molecule has 9 rings (SSSR count). The van der Waals surface area contributed by atoms with Crippen LogP contribution in [0.15, 0.2) is 24.3 Å². The van der Waals surface area contributed by atoms with E-state index in [1.54, 1.807) is 69.3 Å². The van der Waals surface area contributed by atoms with E-state index < -0.39 is 7.26 Å². The number of hydrogen-bond donors (Lipinski definition) is 0. The Kier molecular flexibility index (Phi) is 3.77. The van der Waals surface area contributed by atoms with Gasteiger partial charge in [0.05, 0.1) is 0 Å². The van der Waals surface area contributed by atoms with Gasteiger partial charge in [-0.3, -0.25) is 0 Å². The second-order valence-electron chi connectivity index (χ2n) is 11.8. The summed E-state index contributed by atoms with van der Waals surface area (Å²) >= 11 is 0. The minimum atomic E-state index is -1.19. The van der Waals surface area contributed by atoms with Gasteiger partial charge in [-0.25, -0.2) is 0 Å². The van der Waals surface area contributed by atoms with Crippen molar-refractivity contribution in [2.24, 2.45) is 35.5 Å². The van der Waals surface area contributed by atoms with Gasteiger partial charge in [-0.2, -0.15) is 0 Å². The van der Waals surface area contributed by atoms with Crippen molar-refractivity contribution in [3.05, 3.63) is 29.8 Å². The molecule has 146 valence electrons. The fourth-order valence-corrected chi connectivity index (χ4v) is 20.4. The van der Waals surface area contributed by atoms with E-state index in [-0.39, 0.29) is 0 Å². The van der Waals surface area contributed by atoms with Gasteiger partial charge in [0, 0.05) is 0 Å². The van der Waals surface area contributed by atoms with Gasteiger partial charge in [0.1, 0.15) is 0 Å². The number of rotatable bonds is 3. The summed E-state index contributed by atoms with van der Waals surface area (Å²) < 4.78 is 0. The van der Waals surface area contributed by atoms with Crippen molar-refractivity contribution in [2.75, 3.05) is 30.8 Å². The second-order valence-corrected chi connectivity index (χ2v) is 18.7. The monoisotopic (exact) mass is 398 g/mol. The van der Waals surface area contributed by atoms with Crippen LogP contribution < -0.4 is 5.30 Å². The van der Waals surface area contributed by atoms with Crippen LogP contribution in [0.4, 0.5) is 0 Å². The third-order valence-electron chi connectivity index (χ3n) is 9.99. The summed E-state index contributed by atoms with van der Waals surface area (Å²) in [4.78, 5) is 0. The Bertz CT molecular complexity index is 689. The Hall–Kier alpha value is 0.0800. The maximum absolute atomic E-state index is 2.65. The normalized spacial score (nSPS) is 49.5. The first-order valence-electron chi connectivity index (χ1n) is 12.1. The zero-order valence-electron chi connectivity index (χ0n) is 16.8. The molecule has 0 nitrogen and oxygen atoms in total. The molecule has 0 aromatic heterocycles. The van der Waals surface area contributed by atoms with Crippen molar-refractivity contribution in [2.45, 2.75) is 50.6 Å². The molecular formula is C25H36P2. The first kappa shape index (κ1) is 16.8. The van der Waals surface area contributed by atoms with Crippen LogP contribution in [0.3, 0.4) is 0 Å². The minimum absolute atomic E-state index is 0.371. The van der Waals surface area contributed by atoms with E-state index in [2.05, 4.69) is 24.3 Å². The first-order valence-corrected chi connectivity index (χ1v) is 16.5. The van der Waals surface area contributed by atoms with Crippen LogP contribution in [0.1, 0.15) is 44.1 Å². The molecule has 3 unspecified atom stereocenters. The van der Waals surface area contributed by atoms with Gasteiger partial charge in [-0.15, -0.1) is 0 Å². The van der Waals surface area contributed by atoms with E-state index in [9.17, 15) is 0 Å². The van der Waals surface area contributed by atoms with Crippen molar-refractivity contribution >= 4 is 20.5 Å². The van der Waals surface area contributed by atoms with Gasteiger partial charge in [0.15, 0.2) is 0 Å². The molecule has 0 radical (unpaired) electrons. The van der Waals surface area contributed by atoms with Crippen LogP contribution in [0.5, 0.6) is 0 Å². The van der Waals surface area contributed by atoms with E-state index in [4.69, 9.17) is 0 Å². The van der Waals surface area contributed by atoms with Crippen molar-refractivity contribution in [1.29, 1.82) is 0 Å². The Labute approximate surface area is 167 Å². The Morgan fingerprint density at radius 3 is 1.96 bits per heavy atom. The predicted molar refractivity (Wildman–Crippen MR) is 122 cm³/mol. The van der Waals surface area contributed by atoms with Crippen LogP contribution in [0.25, 0.3) is 0 Å². The standard InChI is InChI=1S/C25H36P2/c1-2-4-25(27-14-19-6-20(15-27)8-21(7-19)16-27)22(3-1)11-24-23-9-17-5-18(10-23)13-26(24)12-17/h1-4,17-21,23-24,27H,5-16H2. The molecule has 3 atom stereocenters. The third-order valence-corrected chi connectivity index (χ3v) is 19.2. The van der Waals surface area contributed by atoms with Crippen molar-refractivity contribution in [3.8, 4) is 0 Å². The van der Waals surface area contributed by atoms with E-state index in [1.807, 2.05) is 10.9 Å². The summed E-state index contributed by atoms with van der Waals surface area (Å²) in [5.41, 5.74) is 2.97. The zero-order valence-corrected chi connectivity index (χ0v) is 18.7. The third kappa shape index (κ3) is 2.61. The molecule has 27 heavy (non-hydrogen) atoms. The predicted octanol–water partition coefficient (Wildman–Crippen LogP) is 5.57. The summed E-state index contributed by atoms with van der Waals surface area (Å²) in [6.45, 7) is 0. The van der Waals surface area contributed by atoms with Gasteiger partial charge in [-0.1, -0.05) is 0 Å². The quantitative estimate of drug-likeness (QED) is 0.584. The summed E-state index contributed by atoms with van der Waals surface area (Å²) in [5, 5.41) is 1.98. The molecule has 8 fully saturated rings. The molecule has 2 heteroatoms. The van der Waals surface area contributed by atoms with E-state index >= 15 is 0 Å². The van der Waals surface area contributed by atoms with E-state index in [1.165, 1.54) is 6.42 Å². The summed E-state index contributed by atoms with van der Waals surface area (Å²) in [6.07, 6.45) is 19.4. The van der Waals surface area contributed by atoms with Gasteiger partial charge in [0.25, 0.3) is 0 Å². The fraction of sp³-hybridized carbons (Fsp3) is 0.760. The van der Waals surface area contributed by atoms with Gasteiger partial charge >= 0.3 is 167 Å². The van der Waals surface area contributed by atoms with Crippen LogP contribution in [0, 0.1) is 35.5 Å². The molecule has 0 amide bonds. The topological polar surface area (TPSA) is 0 Å². The molecule has 6 heterocycles. The van der Waals surface area contributed by atoms with Crippen LogP contribution >= 0.6 is 15.2 Å². The molecule has 8 aliphatic rings. The zero-order chi connectivity index (χ0) is 17.6. The Morgan fingerprint density at radius 2 is 1.33 bits per heavy atom. The van der Waals surface area contributed by atoms with Crippen molar-refractivity contribution in [1.82, 2.24) is 0 Å². The van der Waals surface area contributed by atoms with E-state index in [0.717, 1.165) is 41.2 Å². The number of benzene rings is 1. The molecule has 6 saturated heterocycles. The average Bonchev–Trinajstić information content (AvgIpc) is 2.63. The molecule has 6 aliphatic heterocycles. The molecule has 1 aromatic carbocycles. The van der Waals surface area contributed by atoms with E-state index in [0.29, 0.717) is 7.92 Å². The van der Waals surface area contributed by atoms with Crippen LogP contribution in [-0.4, -0.2) is 36.5 Å². The molecule has 0 spiro atoms. The Balaban J connectivity index is 1.22. The maximum atomic E-state index is 2.65. The molecule has 8 bridgehead atoms. The fourth-order valence-electron chi connectivity index (χ4n) is 9.71. The molecule has 1 aromatic rings. The van der Waals surface area contributed by atoms with Gasteiger partial charge in [-0.05, 0) is 0 Å². The molecule has 2 aliphatic carbocycles. The second kappa shape index (κ2) is 6.05. The Morgan fingerprint density at radius 1 is 0.741 bits per heavy atom. The van der Waals surface area contributed by atoms with Crippen molar-refractivity contribution < 1.29 is 0 Å². The molecular weight excluding hydrogens is 362 g/mol. The molecule has 2 saturated carbocycles. The average molecular weight is 399 g/mol. The summed E-state index contributed by atoms with van der Waals surface area (Å²) in [7, 11) is -0.814. The van der Waals surface area contributed by atoms with Crippen LogP contribution in [0.2, 0.25) is 0 Å². The van der Waals surface area contributed by atoms with Crippen molar-refractivity contribution in [3.63, 3.8) is 0 Å². The van der Waals surface area contributed by atoms with Gasteiger partial charge in [0.2, 0.25) is 0 Å². The first-order chi connectivity index (χ1) is 13.2. The number of hydrogen-bond acceptors (Lipinski definition) is 0. The van der Waals surface area contributed by atoms with Gasteiger partial charge < -0.3 is 0 Å². The molecule has 0 N–H and O–H groups in total. The van der Waals surface area contributed by atoms with Crippen LogP contribution in [-0.2, 0) is 6.42 Å². The summed E-state index contributed by atoms with van der Waals surface area (Å²) in [5.74, 6) is 6.80.